The van der Waals surface area contributed by atoms with Gasteiger partial charge >= 0.3 is 0 Å². The van der Waals surface area contributed by atoms with Crippen molar-refractivity contribution < 1.29 is 13.3 Å². The van der Waals surface area contributed by atoms with Gasteiger partial charge in [-0.1, -0.05) is 48.5 Å². The van der Waals surface area contributed by atoms with Gasteiger partial charge in [-0.05, 0) is 31.0 Å². The fraction of sp³-hybridized carbons (Fsp3) is 0.296. The van der Waals surface area contributed by atoms with Gasteiger partial charge in [0.2, 0.25) is 0 Å². The van der Waals surface area contributed by atoms with Crippen molar-refractivity contribution >= 4 is 17.6 Å². The van der Waals surface area contributed by atoms with E-state index < -0.39 is 6.17 Å². The second kappa shape index (κ2) is 12.1. The van der Waals surface area contributed by atoms with Gasteiger partial charge in [-0.25, -0.2) is 14.4 Å². The summed E-state index contributed by atoms with van der Waals surface area (Å²) in [5.41, 5.74) is 10.7. The fourth-order valence-corrected chi connectivity index (χ4v) is 4.56. The summed E-state index contributed by atoms with van der Waals surface area (Å²) in [7, 11) is 0. The van der Waals surface area contributed by atoms with Gasteiger partial charge in [0.05, 0.1) is 18.6 Å². The van der Waals surface area contributed by atoms with Crippen LogP contribution in [0.25, 0.3) is 34.0 Å². The van der Waals surface area contributed by atoms with E-state index in [-0.39, 0.29) is 17.7 Å². The highest BCUT2D eigenvalue weighted by atomic mass is 32.2. The number of rotatable bonds is 11. The summed E-state index contributed by atoms with van der Waals surface area (Å²) in [5.74, 6) is 0.670. The Hall–Kier alpha value is -3.30. The Morgan fingerprint density at radius 2 is 1.72 bits per heavy atom. The molecular formula is C27H29F2N5OS. The van der Waals surface area contributed by atoms with E-state index in [0.29, 0.717) is 42.4 Å². The van der Waals surface area contributed by atoms with E-state index in [1.165, 1.54) is 6.92 Å². The number of thioether (sulfide) groups is 1. The van der Waals surface area contributed by atoms with E-state index in [4.69, 9.17) is 10.3 Å². The number of aromatic nitrogens is 3. The van der Waals surface area contributed by atoms with E-state index in [1.54, 1.807) is 24.0 Å². The van der Waals surface area contributed by atoms with Gasteiger partial charge in [0.25, 0.3) is 0 Å². The van der Waals surface area contributed by atoms with Crippen LogP contribution in [0.4, 0.5) is 14.6 Å². The SMILES string of the molecule is CC(F)CNCc1ccc(-c2cc(-c3nc(-c4ccc(SC(C)CCF)cc4)cnc3N)on2)cc1. The molecule has 0 spiro atoms. The summed E-state index contributed by atoms with van der Waals surface area (Å²) in [5, 5.41) is 7.47. The van der Waals surface area contributed by atoms with Crippen LogP contribution in [0.15, 0.2) is 70.2 Å². The van der Waals surface area contributed by atoms with Gasteiger partial charge in [-0.2, -0.15) is 0 Å². The summed E-state index contributed by atoms with van der Waals surface area (Å²) in [6.45, 7) is 4.14. The van der Waals surface area contributed by atoms with Crippen molar-refractivity contribution in [3.63, 3.8) is 0 Å². The van der Waals surface area contributed by atoms with Crippen LogP contribution in [-0.2, 0) is 6.54 Å². The number of nitrogens with two attached hydrogens (primary N) is 1. The molecule has 0 aliphatic rings. The minimum Gasteiger partial charge on any atom is -0.382 e. The molecule has 0 bridgehead atoms. The summed E-state index contributed by atoms with van der Waals surface area (Å²) >= 11 is 1.64. The maximum Gasteiger partial charge on any atom is 0.189 e. The highest BCUT2D eigenvalue weighted by Crippen LogP contribution is 2.31. The molecule has 0 saturated heterocycles. The van der Waals surface area contributed by atoms with E-state index in [9.17, 15) is 8.78 Å². The Labute approximate surface area is 213 Å². The van der Waals surface area contributed by atoms with Crippen LogP contribution in [0, 0.1) is 0 Å². The van der Waals surface area contributed by atoms with E-state index in [1.807, 2.05) is 55.5 Å². The van der Waals surface area contributed by atoms with Crippen LogP contribution in [-0.4, -0.2) is 39.8 Å². The maximum absolute atomic E-state index is 13.0. The van der Waals surface area contributed by atoms with Crippen molar-refractivity contribution in [3.05, 3.63) is 66.4 Å². The lowest BCUT2D eigenvalue weighted by atomic mass is 10.1. The third-order valence-corrected chi connectivity index (χ3v) is 6.73. The predicted octanol–water partition coefficient (Wildman–Crippen LogP) is 6.34. The molecule has 0 saturated carbocycles. The van der Waals surface area contributed by atoms with Crippen LogP contribution in [0.2, 0.25) is 0 Å². The van der Waals surface area contributed by atoms with Crippen LogP contribution < -0.4 is 11.1 Å². The first-order valence-corrected chi connectivity index (χ1v) is 12.7. The van der Waals surface area contributed by atoms with Crippen molar-refractivity contribution in [2.24, 2.45) is 0 Å². The number of nitrogens with zero attached hydrogens (tertiary/aromatic N) is 3. The van der Waals surface area contributed by atoms with Crippen molar-refractivity contribution in [1.29, 1.82) is 0 Å². The monoisotopic (exact) mass is 509 g/mol. The first-order chi connectivity index (χ1) is 17.4. The fourth-order valence-electron chi connectivity index (χ4n) is 3.60. The van der Waals surface area contributed by atoms with E-state index in [2.05, 4.69) is 20.4 Å². The average molecular weight is 510 g/mol. The molecule has 3 N–H and O–H groups in total. The quantitative estimate of drug-likeness (QED) is 0.228. The smallest absolute Gasteiger partial charge is 0.189 e. The van der Waals surface area contributed by atoms with Crippen LogP contribution in [0.1, 0.15) is 25.8 Å². The lowest BCUT2D eigenvalue weighted by Gasteiger charge is -2.09. The largest absolute Gasteiger partial charge is 0.382 e. The molecule has 2 heterocycles. The lowest BCUT2D eigenvalue weighted by molar-refractivity contribution is 0.344. The molecule has 2 unspecified atom stereocenters. The number of halogens is 2. The summed E-state index contributed by atoms with van der Waals surface area (Å²) in [6, 6.07) is 17.5. The van der Waals surface area contributed by atoms with Crippen LogP contribution in [0.3, 0.4) is 0 Å². The molecule has 0 aliphatic carbocycles. The van der Waals surface area contributed by atoms with Gasteiger partial charge in [0.15, 0.2) is 17.3 Å². The second-order valence-corrected chi connectivity index (χ2v) is 10.1. The molecular weight excluding hydrogens is 480 g/mol. The van der Waals surface area contributed by atoms with Crippen LogP contribution in [0.5, 0.6) is 0 Å². The molecule has 4 rings (SSSR count). The van der Waals surface area contributed by atoms with Crippen molar-refractivity contribution in [1.82, 2.24) is 20.4 Å². The Morgan fingerprint density at radius 1 is 1.03 bits per heavy atom. The number of anilines is 1. The van der Waals surface area contributed by atoms with E-state index in [0.717, 1.165) is 21.6 Å². The lowest BCUT2D eigenvalue weighted by Crippen LogP contribution is -2.21. The number of alkyl halides is 2. The number of hydrogen-bond acceptors (Lipinski definition) is 7. The Balaban J connectivity index is 1.49. The van der Waals surface area contributed by atoms with Gasteiger partial charge in [-0.3, -0.25) is 4.39 Å². The molecule has 9 heteroatoms. The van der Waals surface area contributed by atoms with Crippen molar-refractivity contribution in [2.45, 2.75) is 43.1 Å². The Kier molecular flexibility index (Phi) is 8.66. The topological polar surface area (TPSA) is 89.9 Å². The summed E-state index contributed by atoms with van der Waals surface area (Å²) < 4.78 is 31.1. The molecule has 4 aromatic rings. The van der Waals surface area contributed by atoms with Gasteiger partial charge in [0, 0.05) is 40.4 Å². The molecule has 0 radical (unpaired) electrons. The third-order valence-electron chi connectivity index (χ3n) is 5.55. The molecule has 0 amide bonds. The summed E-state index contributed by atoms with van der Waals surface area (Å²) in [4.78, 5) is 10.1. The minimum atomic E-state index is -0.882. The average Bonchev–Trinajstić information content (AvgIpc) is 3.35. The molecule has 36 heavy (non-hydrogen) atoms. The minimum absolute atomic E-state index is 0.211. The third kappa shape index (κ3) is 6.67. The number of nitrogens with one attached hydrogen (secondary N) is 1. The van der Waals surface area contributed by atoms with Crippen molar-refractivity contribution in [3.8, 4) is 34.0 Å². The molecule has 0 fully saturated rings. The van der Waals surface area contributed by atoms with Crippen LogP contribution >= 0.6 is 11.8 Å². The second-order valence-electron chi connectivity index (χ2n) is 8.60. The standard InChI is InChI=1S/C27H29F2N5OS/c1-17(29)14-31-15-19-3-5-20(6-4-19)23-13-25(35-34-23)26-27(30)32-16-24(33-26)21-7-9-22(10-8-21)36-18(2)11-12-28/h3-10,13,16-18,31H,11-12,14-15H2,1-2H3,(H2,30,32). The highest BCUT2D eigenvalue weighted by molar-refractivity contribution is 7.99. The van der Waals surface area contributed by atoms with Gasteiger partial charge in [0.1, 0.15) is 11.9 Å². The van der Waals surface area contributed by atoms with Gasteiger partial charge < -0.3 is 15.6 Å². The maximum atomic E-state index is 13.0. The molecule has 0 aliphatic heterocycles. The normalized spacial score (nSPS) is 13.0. The molecule has 188 valence electrons. The number of benzene rings is 2. The van der Waals surface area contributed by atoms with E-state index >= 15 is 0 Å². The predicted molar refractivity (Wildman–Crippen MR) is 141 cm³/mol. The zero-order chi connectivity index (χ0) is 25.5. The molecule has 6 nitrogen and oxygen atoms in total. The number of nitrogen functional groups attached to an aromatic ring is 1. The molecule has 2 aromatic heterocycles. The summed E-state index contributed by atoms with van der Waals surface area (Å²) in [6.07, 6.45) is 1.27. The van der Waals surface area contributed by atoms with Crippen molar-refractivity contribution in [2.75, 3.05) is 19.0 Å². The number of hydrogen-bond donors (Lipinski definition) is 2. The Bertz CT molecular complexity index is 1260. The molecule has 2 aromatic carbocycles. The Morgan fingerprint density at radius 3 is 2.42 bits per heavy atom. The zero-order valence-electron chi connectivity index (χ0n) is 20.2. The highest BCUT2D eigenvalue weighted by Gasteiger charge is 2.16. The first-order valence-electron chi connectivity index (χ1n) is 11.8. The van der Waals surface area contributed by atoms with Gasteiger partial charge in [-0.15, -0.1) is 11.8 Å². The zero-order valence-corrected chi connectivity index (χ0v) is 21.1. The first kappa shape index (κ1) is 25.8. The molecule has 2 atom stereocenters.